The van der Waals surface area contributed by atoms with E-state index >= 15 is 0 Å². The molecule has 0 aliphatic carbocycles. The fourth-order valence-electron chi connectivity index (χ4n) is 1.52. The maximum absolute atomic E-state index is 4.88. The van der Waals surface area contributed by atoms with Crippen LogP contribution >= 0.6 is 28.0 Å². The van der Waals surface area contributed by atoms with E-state index in [4.69, 9.17) is 4.33 Å². The average Bonchev–Trinajstić information content (AvgIpc) is 2.27. The lowest BCUT2D eigenvalue weighted by Crippen LogP contribution is -1.84. The number of hydrogen-bond acceptors (Lipinski definition) is 3. The third-order valence-electron chi connectivity index (χ3n) is 2.29. The van der Waals surface area contributed by atoms with Crippen molar-refractivity contribution in [3.05, 3.63) is 40.4 Å². The summed E-state index contributed by atoms with van der Waals surface area (Å²) in [5.74, 6) is 0. The normalized spacial score (nSPS) is 10.9. The molecule has 0 fully saturated rings. The van der Waals surface area contributed by atoms with Crippen molar-refractivity contribution in [3.8, 4) is 0 Å². The van der Waals surface area contributed by atoms with Gasteiger partial charge in [-0.15, -0.1) is 0 Å². The molecule has 0 heterocycles. The Labute approximate surface area is 107 Å². The summed E-state index contributed by atoms with van der Waals surface area (Å²) in [6, 6.07) is 10.5. The Morgan fingerprint density at radius 1 is 1.12 bits per heavy atom. The van der Waals surface area contributed by atoms with Crippen LogP contribution in [0.15, 0.2) is 39.7 Å². The van der Waals surface area contributed by atoms with E-state index in [0.717, 1.165) is 9.37 Å². The van der Waals surface area contributed by atoms with Gasteiger partial charge in [0, 0.05) is 9.37 Å². The Hall–Kier alpha value is -0.550. The number of benzene rings is 2. The van der Waals surface area contributed by atoms with Gasteiger partial charge in [-0.3, -0.25) is 0 Å². The van der Waals surface area contributed by atoms with Crippen LogP contribution in [0.5, 0.6) is 0 Å². The number of hydrogen-bond donors (Lipinski definition) is 0. The fourth-order valence-corrected chi connectivity index (χ4v) is 2.41. The van der Waals surface area contributed by atoms with Crippen LogP contribution in [0.3, 0.4) is 0 Å². The number of rotatable bonds is 3. The summed E-state index contributed by atoms with van der Waals surface area (Å²) in [4.78, 5) is 5.65. The van der Waals surface area contributed by atoms with Crippen LogP contribution in [-0.2, 0) is 9.22 Å². The molecule has 0 saturated heterocycles. The van der Waals surface area contributed by atoms with Crippen LogP contribution in [0.1, 0.15) is 5.56 Å². The number of halogens is 1. The Kier molecular flexibility index (Phi) is 3.86. The quantitative estimate of drug-likeness (QED) is 0.472. The Balaban J connectivity index is 2.46. The predicted molar refractivity (Wildman–Crippen MR) is 70.3 cm³/mol. The Bertz CT molecular complexity index is 514. The maximum atomic E-state index is 4.88. The zero-order chi connectivity index (χ0) is 11.5. The summed E-state index contributed by atoms with van der Waals surface area (Å²) in [5, 5.41) is 2.41. The standard InChI is InChI=1S/C12H11BrO2S/c1-8-5-9-3-4-11(13)6-10(9)7-12(8)16-15-14-2/h3-7H,1-2H3. The molecule has 0 unspecified atom stereocenters. The van der Waals surface area contributed by atoms with Gasteiger partial charge in [0.15, 0.2) is 0 Å². The first-order valence-corrected chi connectivity index (χ1v) is 6.31. The van der Waals surface area contributed by atoms with Crippen molar-refractivity contribution in [3.63, 3.8) is 0 Å². The van der Waals surface area contributed by atoms with Crippen LogP contribution in [0.2, 0.25) is 0 Å². The second-order valence-electron chi connectivity index (χ2n) is 3.43. The average molecular weight is 299 g/mol. The second kappa shape index (κ2) is 5.19. The van der Waals surface area contributed by atoms with E-state index in [1.165, 1.54) is 35.5 Å². The molecule has 0 aliphatic rings. The van der Waals surface area contributed by atoms with E-state index in [0.29, 0.717) is 0 Å². The second-order valence-corrected chi connectivity index (χ2v) is 5.09. The Morgan fingerprint density at radius 3 is 2.69 bits per heavy atom. The first-order valence-electron chi connectivity index (χ1n) is 4.78. The lowest BCUT2D eigenvalue weighted by atomic mass is 10.1. The van der Waals surface area contributed by atoms with Gasteiger partial charge in [0.25, 0.3) is 0 Å². The van der Waals surface area contributed by atoms with Gasteiger partial charge in [0.05, 0.1) is 19.2 Å². The first-order chi connectivity index (χ1) is 7.70. The van der Waals surface area contributed by atoms with Crippen molar-refractivity contribution in [2.75, 3.05) is 7.11 Å². The molecular weight excluding hydrogens is 288 g/mol. The molecule has 4 heteroatoms. The lowest BCUT2D eigenvalue weighted by Gasteiger charge is -2.06. The molecule has 2 aromatic rings. The lowest BCUT2D eigenvalue weighted by molar-refractivity contribution is -0.160. The highest BCUT2D eigenvalue weighted by Crippen LogP contribution is 2.29. The molecule has 2 nitrogen and oxygen atoms in total. The van der Waals surface area contributed by atoms with Crippen LogP contribution in [0, 0.1) is 6.92 Å². The minimum Gasteiger partial charge on any atom is -0.227 e. The SMILES string of the molecule is COOSc1cc2cc(Br)ccc2cc1C. The van der Waals surface area contributed by atoms with Crippen molar-refractivity contribution >= 4 is 38.7 Å². The first kappa shape index (κ1) is 11.9. The van der Waals surface area contributed by atoms with E-state index in [9.17, 15) is 0 Å². The van der Waals surface area contributed by atoms with Gasteiger partial charge in [-0.25, -0.2) is 4.89 Å². The van der Waals surface area contributed by atoms with Gasteiger partial charge in [0.2, 0.25) is 0 Å². The monoisotopic (exact) mass is 298 g/mol. The summed E-state index contributed by atoms with van der Waals surface area (Å²) >= 11 is 4.70. The van der Waals surface area contributed by atoms with Gasteiger partial charge in [-0.05, 0) is 41.5 Å². The van der Waals surface area contributed by atoms with E-state index in [1.807, 2.05) is 6.07 Å². The largest absolute Gasteiger partial charge is 0.227 e. The molecule has 0 amide bonds. The smallest absolute Gasteiger partial charge is 0.0725 e. The minimum absolute atomic E-state index is 1.06. The molecule has 2 aromatic carbocycles. The molecule has 0 bridgehead atoms. The van der Waals surface area contributed by atoms with Crippen LogP contribution in [0.4, 0.5) is 0 Å². The molecule has 0 aromatic heterocycles. The minimum atomic E-state index is 1.06. The molecule has 0 spiro atoms. The van der Waals surface area contributed by atoms with E-state index in [-0.39, 0.29) is 0 Å². The summed E-state index contributed by atoms with van der Waals surface area (Å²) in [6.45, 7) is 2.06. The van der Waals surface area contributed by atoms with Crippen molar-refractivity contribution in [1.82, 2.24) is 0 Å². The van der Waals surface area contributed by atoms with E-state index in [2.05, 4.69) is 52.0 Å². The van der Waals surface area contributed by atoms with Gasteiger partial charge < -0.3 is 0 Å². The number of fused-ring (bicyclic) bond motifs is 1. The Morgan fingerprint density at radius 2 is 1.94 bits per heavy atom. The van der Waals surface area contributed by atoms with Gasteiger partial charge in [0.1, 0.15) is 0 Å². The highest BCUT2D eigenvalue weighted by molar-refractivity contribution is 9.10. The van der Waals surface area contributed by atoms with Crippen LogP contribution in [0.25, 0.3) is 10.8 Å². The molecular formula is C12H11BrO2S. The topological polar surface area (TPSA) is 18.5 Å². The molecule has 0 atom stereocenters. The summed E-state index contributed by atoms with van der Waals surface area (Å²) < 4.78 is 5.96. The van der Waals surface area contributed by atoms with Crippen LogP contribution in [-0.4, -0.2) is 7.11 Å². The van der Waals surface area contributed by atoms with Crippen molar-refractivity contribution in [1.29, 1.82) is 0 Å². The van der Waals surface area contributed by atoms with Crippen molar-refractivity contribution < 1.29 is 9.22 Å². The third-order valence-corrected chi connectivity index (χ3v) is 3.60. The summed E-state index contributed by atoms with van der Waals surface area (Å²) in [5.41, 5.74) is 1.18. The summed E-state index contributed by atoms with van der Waals surface area (Å²) in [6.07, 6.45) is 0. The van der Waals surface area contributed by atoms with Gasteiger partial charge >= 0.3 is 0 Å². The zero-order valence-corrected chi connectivity index (χ0v) is 11.4. The molecule has 84 valence electrons. The zero-order valence-electron chi connectivity index (χ0n) is 8.99. The number of aryl methyl sites for hydroxylation is 1. The van der Waals surface area contributed by atoms with Crippen LogP contribution < -0.4 is 0 Å². The molecule has 16 heavy (non-hydrogen) atoms. The molecule has 0 radical (unpaired) electrons. The molecule has 0 saturated carbocycles. The fraction of sp³-hybridized carbons (Fsp3) is 0.167. The van der Waals surface area contributed by atoms with Gasteiger partial charge in [-0.1, -0.05) is 28.1 Å². The molecule has 0 N–H and O–H groups in total. The predicted octanol–water partition coefficient (Wildman–Crippen LogP) is 4.50. The highest BCUT2D eigenvalue weighted by Gasteiger charge is 2.04. The van der Waals surface area contributed by atoms with Crippen molar-refractivity contribution in [2.24, 2.45) is 0 Å². The third kappa shape index (κ3) is 2.58. The van der Waals surface area contributed by atoms with E-state index < -0.39 is 0 Å². The van der Waals surface area contributed by atoms with E-state index in [1.54, 1.807) is 0 Å². The maximum Gasteiger partial charge on any atom is 0.0725 e. The van der Waals surface area contributed by atoms with Gasteiger partial charge in [-0.2, -0.15) is 4.33 Å². The van der Waals surface area contributed by atoms with Crippen molar-refractivity contribution in [2.45, 2.75) is 11.8 Å². The molecule has 2 rings (SSSR count). The molecule has 0 aliphatic heterocycles. The summed E-state index contributed by atoms with van der Waals surface area (Å²) in [7, 11) is 1.50. The highest BCUT2D eigenvalue weighted by atomic mass is 79.9.